The van der Waals surface area contributed by atoms with Crippen molar-refractivity contribution < 1.29 is 14.7 Å². The van der Waals surface area contributed by atoms with E-state index in [0.29, 0.717) is 22.5 Å². The minimum atomic E-state index is -1.08. The van der Waals surface area contributed by atoms with Gasteiger partial charge in [-0.15, -0.1) is 0 Å². The van der Waals surface area contributed by atoms with E-state index in [9.17, 15) is 14.7 Å². The van der Waals surface area contributed by atoms with Gasteiger partial charge in [-0.1, -0.05) is 52.3 Å². The Hall–Kier alpha value is -3.16. The summed E-state index contributed by atoms with van der Waals surface area (Å²) in [5, 5.41) is 15.3. The fourth-order valence-corrected chi connectivity index (χ4v) is 3.74. The lowest BCUT2D eigenvalue weighted by molar-refractivity contribution is -0.115. The summed E-state index contributed by atoms with van der Waals surface area (Å²) in [6.45, 7) is 0. The Bertz CT molecular complexity index is 1100. The summed E-state index contributed by atoms with van der Waals surface area (Å²) in [5.74, 6) is -0.612. The highest BCUT2D eigenvalue weighted by Gasteiger charge is 2.29. The Labute approximate surface area is 182 Å². The van der Waals surface area contributed by atoms with Gasteiger partial charge in [0.25, 0.3) is 5.91 Å². The normalized spacial score (nSPS) is 15.4. The molecule has 3 N–H and O–H groups in total. The topological polar surface area (TPSA) is 81.7 Å². The standard InChI is InChI=1S/C23H20BrN3O3/c1-27-19-4-2-3-16(21(19)22(29)26-23(27)30)13-20(28)25-18-11-7-15(8-12-18)14-5-9-17(24)10-6-14/h2-12,23,30H,13H2,1H3,(H,25,28)(H,26,29). The van der Waals surface area contributed by atoms with E-state index < -0.39 is 12.3 Å². The molecular formula is C23H20BrN3O3. The zero-order valence-corrected chi connectivity index (χ0v) is 17.8. The molecule has 30 heavy (non-hydrogen) atoms. The Morgan fingerprint density at radius 1 is 1.07 bits per heavy atom. The number of hydrogen-bond acceptors (Lipinski definition) is 4. The van der Waals surface area contributed by atoms with E-state index in [2.05, 4.69) is 26.6 Å². The lowest BCUT2D eigenvalue weighted by Gasteiger charge is -2.33. The van der Waals surface area contributed by atoms with E-state index in [1.807, 2.05) is 48.5 Å². The van der Waals surface area contributed by atoms with Crippen LogP contribution in [0.4, 0.5) is 11.4 Å². The van der Waals surface area contributed by atoms with Gasteiger partial charge in [0.15, 0.2) is 0 Å². The molecule has 7 heteroatoms. The summed E-state index contributed by atoms with van der Waals surface area (Å²) in [6.07, 6.45) is -1.03. The minimum Gasteiger partial charge on any atom is -0.356 e. The van der Waals surface area contributed by atoms with Crippen molar-refractivity contribution in [1.29, 1.82) is 0 Å². The van der Waals surface area contributed by atoms with Gasteiger partial charge in [0.2, 0.25) is 12.3 Å². The molecule has 1 atom stereocenters. The van der Waals surface area contributed by atoms with Gasteiger partial charge in [0.1, 0.15) is 0 Å². The number of aliphatic hydroxyl groups excluding tert-OH is 1. The van der Waals surface area contributed by atoms with Crippen LogP contribution in [0, 0.1) is 0 Å². The van der Waals surface area contributed by atoms with Crippen LogP contribution in [-0.2, 0) is 11.2 Å². The van der Waals surface area contributed by atoms with Gasteiger partial charge in [-0.05, 0) is 47.0 Å². The maximum absolute atomic E-state index is 12.6. The van der Waals surface area contributed by atoms with Crippen molar-refractivity contribution >= 4 is 39.1 Å². The first-order valence-corrected chi connectivity index (χ1v) is 10.2. The van der Waals surface area contributed by atoms with Crippen molar-refractivity contribution in [1.82, 2.24) is 5.32 Å². The molecule has 1 aliphatic rings. The number of hydrogen-bond donors (Lipinski definition) is 3. The minimum absolute atomic E-state index is 0.0506. The fourth-order valence-electron chi connectivity index (χ4n) is 3.47. The highest BCUT2D eigenvalue weighted by atomic mass is 79.9. The molecule has 6 nitrogen and oxygen atoms in total. The van der Waals surface area contributed by atoms with Crippen molar-refractivity contribution in [2.24, 2.45) is 0 Å². The Morgan fingerprint density at radius 2 is 1.70 bits per heavy atom. The average molecular weight is 466 g/mol. The summed E-state index contributed by atoms with van der Waals surface area (Å²) in [7, 11) is 1.68. The smallest absolute Gasteiger partial charge is 0.257 e. The molecule has 0 aromatic heterocycles. The quantitative estimate of drug-likeness (QED) is 0.547. The first-order valence-electron chi connectivity index (χ1n) is 9.42. The number of nitrogens with zero attached hydrogens (tertiary/aromatic N) is 1. The largest absolute Gasteiger partial charge is 0.356 e. The Balaban J connectivity index is 1.48. The lowest BCUT2D eigenvalue weighted by atomic mass is 9.99. The average Bonchev–Trinajstić information content (AvgIpc) is 2.73. The molecule has 1 aliphatic heterocycles. The van der Waals surface area contributed by atoms with Crippen LogP contribution in [0.5, 0.6) is 0 Å². The molecule has 0 saturated carbocycles. The van der Waals surface area contributed by atoms with Gasteiger partial charge < -0.3 is 20.6 Å². The second-order valence-corrected chi connectivity index (χ2v) is 7.99. The van der Waals surface area contributed by atoms with Gasteiger partial charge in [-0.2, -0.15) is 0 Å². The first kappa shape index (κ1) is 20.1. The van der Waals surface area contributed by atoms with Crippen LogP contribution in [0.2, 0.25) is 0 Å². The summed E-state index contributed by atoms with van der Waals surface area (Å²) in [4.78, 5) is 26.5. The van der Waals surface area contributed by atoms with Crippen LogP contribution in [-0.4, -0.2) is 30.3 Å². The molecule has 1 heterocycles. The SMILES string of the molecule is CN1c2cccc(CC(=O)Nc3ccc(-c4ccc(Br)cc4)cc3)c2C(=O)NC1O. The molecule has 0 fully saturated rings. The zero-order chi connectivity index (χ0) is 21.3. The van der Waals surface area contributed by atoms with E-state index in [-0.39, 0.29) is 12.3 Å². The molecule has 0 spiro atoms. The second-order valence-electron chi connectivity index (χ2n) is 7.08. The van der Waals surface area contributed by atoms with E-state index in [1.54, 1.807) is 30.1 Å². The molecule has 0 radical (unpaired) electrons. The van der Waals surface area contributed by atoms with Crippen LogP contribution in [0.3, 0.4) is 0 Å². The van der Waals surface area contributed by atoms with Crippen LogP contribution in [0.15, 0.2) is 71.2 Å². The van der Waals surface area contributed by atoms with Crippen molar-refractivity contribution in [3.63, 3.8) is 0 Å². The molecule has 2 amide bonds. The summed E-state index contributed by atoms with van der Waals surface area (Å²) in [6, 6.07) is 20.9. The first-order chi connectivity index (χ1) is 14.4. The number of rotatable bonds is 4. The lowest BCUT2D eigenvalue weighted by Crippen LogP contribution is -2.51. The van der Waals surface area contributed by atoms with Crippen molar-refractivity contribution in [3.8, 4) is 11.1 Å². The van der Waals surface area contributed by atoms with Crippen LogP contribution in [0.1, 0.15) is 15.9 Å². The predicted molar refractivity (Wildman–Crippen MR) is 120 cm³/mol. The molecule has 3 aromatic carbocycles. The third kappa shape index (κ3) is 4.08. The van der Waals surface area contributed by atoms with Gasteiger partial charge in [-0.25, -0.2) is 0 Å². The molecule has 0 bridgehead atoms. The van der Waals surface area contributed by atoms with Gasteiger partial charge in [0, 0.05) is 17.2 Å². The van der Waals surface area contributed by atoms with Crippen LogP contribution >= 0.6 is 15.9 Å². The summed E-state index contributed by atoms with van der Waals surface area (Å²) in [5.41, 5.74) is 4.43. The van der Waals surface area contributed by atoms with Crippen LogP contribution < -0.4 is 15.5 Å². The van der Waals surface area contributed by atoms with Gasteiger partial charge in [-0.3, -0.25) is 9.59 Å². The molecular weight excluding hydrogens is 446 g/mol. The number of halogens is 1. The zero-order valence-electron chi connectivity index (χ0n) is 16.2. The highest BCUT2D eigenvalue weighted by Crippen LogP contribution is 2.28. The van der Waals surface area contributed by atoms with Crippen molar-refractivity contribution in [2.45, 2.75) is 12.8 Å². The maximum atomic E-state index is 12.6. The fraction of sp³-hybridized carbons (Fsp3) is 0.130. The van der Waals surface area contributed by atoms with E-state index >= 15 is 0 Å². The molecule has 3 aromatic rings. The number of amides is 2. The number of anilines is 2. The molecule has 152 valence electrons. The predicted octanol–water partition coefficient (Wildman–Crippen LogP) is 3.75. The van der Waals surface area contributed by atoms with Crippen molar-refractivity contribution in [2.75, 3.05) is 17.3 Å². The Kier molecular flexibility index (Phi) is 5.57. The van der Waals surface area contributed by atoms with E-state index in [1.165, 1.54) is 0 Å². The maximum Gasteiger partial charge on any atom is 0.257 e. The third-order valence-corrected chi connectivity index (χ3v) is 5.59. The number of aliphatic hydroxyl groups is 1. The number of carbonyl (C=O) groups is 2. The molecule has 0 saturated heterocycles. The summed E-state index contributed by atoms with van der Waals surface area (Å²) < 4.78 is 1.02. The van der Waals surface area contributed by atoms with Gasteiger partial charge >= 0.3 is 0 Å². The summed E-state index contributed by atoms with van der Waals surface area (Å²) >= 11 is 3.43. The Morgan fingerprint density at radius 3 is 2.37 bits per heavy atom. The third-order valence-electron chi connectivity index (χ3n) is 5.06. The highest BCUT2D eigenvalue weighted by molar-refractivity contribution is 9.10. The van der Waals surface area contributed by atoms with Crippen molar-refractivity contribution in [3.05, 3.63) is 82.3 Å². The molecule has 1 unspecified atom stereocenters. The van der Waals surface area contributed by atoms with E-state index in [4.69, 9.17) is 0 Å². The van der Waals surface area contributed by atoms with Gasteiger partial charge in [0.05, 0.1) is 17.7 Å². The van der Waals surface area contributed by atoms with Crippen LogP contribution in [0.25, 0.3) is 11.1 Å². The number of benzene rings is 3. The second kappa shape index (κ2) is 8.30. The number of fused-ring (bicyclic) bond motifs is 1. The number of carbonyl (C=O) groups excluding carboxylic acids is 2. The molecule has 0 aliphatic carbocycles. The molecule has 4 rings (SSSR count). The number of nitrogens with one attached hydrogen (secondary N) is 2. The van der Waals surface area contributed by atoms with E-state index in [0.717, 1.165) is 15.6 Å². The monoisotopic (exact) mass is 465 g/mol.